The summed E-state index contributed by atoms with van der Waals surface area (Å²) in [5.41, 5.74) is 11.9. The molecule has 1 aromatic rings. The summed E-state index contributed by atoms with van der Waals surface area (Å²) in [5, 5.41) is 35.3. The number of amides is 3. The van der Waals surface area contributed by atoms with E-state index in [1.54, 1.807) is 12.1 Å². The zero-order chi connectivity index (χ0) is 25.0. The second kappa shape index (κ2) is 14.0. The predicted octanol–water partition coefficient (Wildman–Crippen LogP) is -2.06. The van der Waals surface area contributed by atoms with Gasteiger partial charge >= 0.3 is 5.97 Å². The molecule has 12 nitrogen and oxygen atoms in total. The number of aliphatic carboxylic acids is 1. The average Bonchev–Trinajstić information content (AvgIpc) is 2.76. The van der Waals surface area contributed by atoms with E-state index in [0.717, 1.165) is 0 Å². The number of nitrogens with two attached hydrogens (primary N) is 2. The molecule has 1 rings (SSSR count). The highest BCUT2D eigenvalue weighted by Gasteiger charge is 2.28. The van der Waals surface area contributed by atoms with E-state index in [-0.39, 0.29) is 18.6 Å². The van der Waals surface area contributed by atoms with Crippen LogP contribution in [0.4, 0.5) is 0 Å². The fourth-order valence-electron chi connectivity index (χ4n) is 2.92. The maximum Gasteiger partial charge on any atom is 0.326 e. The third-order valence-electron chi connectivity index (χ3n) is 4.79. The van der Waals surface area contributed by atoms with Crippen LogP contribution in [-0.4, -0.2) is 76.3 Å². The van der Waals surface area contributed by atoms with E-state index < -0.39 is 54.5 Å². The molecule has 0 aliphatic rings. The average molecular weight is 468 g/mol. The summed E-state index contributed by atoms with van der Waals surface area (Å²) in [6, 6.07) is 2.56. The van der Waals surface area contributed by atoms with Crippen molar-refractivity contribution in [1.29, 1.82) is 0 Å². The lowest BCUT2D eigenvalue weighted by Crippen LogP contribution is -2.57. The van der Waals surface area contributed by atoms with Crippen LogP contribution in [0.5, 0.6) is 5.75 Å². The van der Waals surface area contributed by atoms with Crippen LogP contribution in [0.3, 0.4) is 0 Å². The van der Waals surface area contributed by atoms with Gasteiger partial charge in [0.25, 0.3) is 0 Å². The van der Waals surface area contributed by atoms with Gasteiger partial charge in [0.1, 0.15) is 17.8 Å². The van der Waals surface area contributed by atoms with Crippen LogP contribution in [0.15, 0.2) is 24.3 Å². The first kappa shape index (κ1) is 27.8. The first-order valence-electron chi connectivity index (χ1n) is 10.6. The normalized spacial score (nSPS) is 14.4. The summed E-state index contributed by atoms with van der Waals surface area (Å²) in [4.78, 5) is 48.1. The highest BCUT2D eigenvalue weighted by Crippen LogP contribution is 2.11. The molecule has 0 saturated heterocycles. The van der Waals surface area contributed by atoms with Gasteiger partial charge in [0.2, 0.25) is 17.7 Å². The number of unbranched alkanes of at least 4 members (excludes halogenated alkanes) is 1. The number of nitrogens with one attached hydrogen (secondary N) is 3. The molecule has 0 radical (unpaired) electrons. The van der Waals surface area contributed by atoms with Crippen LogP contribution >= 0.6 is 0 Å². The van der Waals surface area contributed by atoms with Crippen molar-refractivity contribution >= 4 is 23.7 Å². The van der Waals surface area contributed by atoms with Crippen LogP contribution < -0.4 is 27.4 Å². The number of hydrogen-bond acceptors (Lipinski definition) is 8. The van der Waals surface area contributed by atoms with Gasteiger partial charge in [-0.15, -0.1) is 0 Å². The highest BCUT2D eigenvalue weighted by atomic mass is 16.4. The molecule has 12 heteroatoms. The summed E-state index contributed by atoms with van der Waals surface area (Å²) < 4.78 is 0. The van der Waals surface area contributed by atoms with Crippen LogP contribution in [0.25, 0.3) is 0 Å². The van der Waals surface area contributed by atoms with E-state index in [1.165, 1.54) is 19.1 Å². The van der Waals surface area contributed by atoms with Gasteiger partial charge < -0.3 is 42.7 Å². The predicted molar refractivity (Wildman–Crippen MR) is 119 cm³/mol. The van der Waals surface area contributed by atoms with Crippen molar-refractivity contribution in [3.63, 3.8) is 0 Å². The Kier molecular flexibility index (Phi) is 11.8. The number of carbonyl (C=O) groups is 4. The third kappa shape index (κ3) is 10.3. The highest BCUT2D eigenvalue weighted by molar-refractivity contribution is 5.93. The molecule has 0 fully saturated rings. The molecule has 3 amide bonds. The minimum Gasteiger partial charge on any atom is -0.508 e. The van der Waals surface area contributed by atoms with Crippen molar-refractivity contribution in [1.82, 2.24) is 16.0 Å². The van der Waals surface area contributed by atoms with Gasteiger partial charge in [-0.25, -0.2) is 4.79 Å². The molecule has 1 aromatic carbocycles. The van der Waals surface area contributed by atoms with Gasteiger partial charge in [-0.2, -0.15) is 0 Å². The number of aromatic hydroxyl groups is 1. The third-order valence-corrected chi connectivity index (χ3v) is 4.79. The van der Waals surface area contributed by atoms with Gasteiger partial charge in [-0.1, -0.05) is 12.1 Å². The van der Waals surface area contributed by atoms with Gasteiger partial charge in [0, 0.05) is 0 Å². The number of rotatable bonds is 14. The Balaban J connectivity index is 2.59. The number of aliphatic hydroxyl groups excluding tert-OH is 1. The van der Waals surface area contributed by atoms with Crippen LogP contribution in [0.2, 0.25) is 0 Å². The Labute approximate surface area is 191 Å². The van der Waals surface area contributed by atoms with Crippen molar-refractivity contribution in [2.24, 2.45) is 11.5 Å². The molecule has 0 saturated carbocycles. The first-order chi connectivity index (χ1) is 15.5. The van der Waals surface area contributed by atoms with Gasteiger partial charge in [0.15, 0.2) is 0 Å². The second-order valence-corrected chi connectivity index (χ2v) is 7.66. The zero-order valence-corrected chi connectivity index (χ0v) is 18.5. The number of aliphatic hydroxyl groups is 1. The number of phenols is 1. The molecule has 4 atom stereocenters. The van der Waals surface area contributed by atoms with Gasteiger partial charge in [-0.05, 0) is 56.8 Å². The minimum absolute atomic E-state index is 0.0666. The number of benzene rings is 1. The van der Waals surface area contributed by atoms with E-state index in [1.807, 2.05) is 0 Å². The Hall–Kier alpha value is -3.22. The topological polar surface area (TPSA) is 217 Å². The molecule has 10 N–H and O–H groups in total. The monoisotopic (exact) mass is 467 g/mol. The standard InChI is InChI=1S/C21H33N5O7/c1-12(27)18(26-19(30)15(23)10-13-5-7-14(28)8-6-13)20(31)24-11-17(29)25-16(21(32)33)4-2-3-9-22/h5-8,12,15-16,18,27-28H,2-4,9-11,22-23H2,1H3,(H,24,31)(H,25,29)(H,26,30)(H,32,33). The van der Waals surface area contributed by atoms with E-state index >= 15 is 0 Å². The summed E-state index contributed by atoms with van der Waals surface area (Å²) >= 11 is 0. The smallest absolute Gasteiger partial charge is 0.326 e. The van der Waals surface area contributed by atoms with Gasteiger partial charge in [-0.3, -0.25) is 14.4 Å². The number of carboxylic acids is 1. The molecule has 0 aromatic heterocycles. The Morgan fingerprint density at radius 1 is 1.03 bits per heavy atom. The molecular weight excluding hydrogens is 434 g/mol. The number of phenolic OH excluding ortho intramolecular Hbond substituents is 1. The second-order valence-electron chi connectivity index (χ2n) is 7.66. The van der Waals surface area contributed by atoms with E-state index in [2.05, 4.69) is 16.0 Å². The van der Waals surface area contributed by atoms with Crippen LogP contribution in [-0.2, 0) is 25.6 Å². The molecule has 33 heavy (non-hydrogen) atoms. The number of hydrogen-bond donors (Lipinski definition) is 8. The Morgan fingerprint density at radius 2 is 1.67 bits per heavy atom. The maximum absolute atomic E-state index is 12.4. The number of carboxylic acid groups (broad SMARTS) is 1. The van der Waals surface area contributed by atoms with Crippen molar-refractivity contribution in [2.75, 3.05) is 13.1 Å². The molecular formula is C21H33N5O7. The van der Waals surface area contributed by atoms with E-state index in [4.69, 9.17) is 11.5 Å². The summed E-state index contributed by atoms with van der Waals surface area (Å²) in [6.07, 6.45) is 0.156. The van der Waals surface area contributed by atoms with Crippen LogP contribution in [0.1, 0.15) is 31.7 Å². The molecule has 0 spiro atoms. The van der Waals surface area contributed by atoms with Gasteiger partial charge in [0.05, 0.1) is 18.7 Å². The molecule has 0 aliphatic carbocycles. The maximum atomic E-state index is 12.4. The SMILES string of the molecule is CC(O)C(NC(=O)C(N)Cc1ccc(O)cc1)C(=O)NCC(=O)NC(CCCCN)C(=O)O. The molecule has 184 valence electrons. The van der Waals surface area contributed by atoms with Crippen LogP contribution in [0, 0.1) is 0 Å². The fourth-order valence-corrected chi connectivity index (χ4v) is 2.92. The van der Waals surface area contributed by atoms with E-state index in [9.17, 15) is 34.5 Å². The lowest BCUT2D eigenvalue weighted by molar-refractivity contribution is -0.142. The quantitative estimate of drug-likeness (QED) is 0.141. The zero-order valence-electron chi connectivity index (χ0n) is 18.5. The largest absolute Gasteiger partial charge is 0.508 e. The lowest BCUT2D eigenvalue weighted by atomic mass is 10.0. The summed E-state index contributed by atoms with van der Waals surface area (Å²) in [7, 11) is 0. The van der Waals surface area contributed by atoms with E-state index in [0.29, 0.717) is 24.9 Å². The number of carbonyl (C=O) groups excluding carboxylic acids is 3. The van der Waals surface area contributed by atoms with Crippen molar-refractivity contribution in [2.45, 2.75) is 56.8 Å². The Bertz CT molecular complexity index is 801. The molecule has 0 bridgehead atoms. The van der Waals surface area contributed by atoms with Crippen molar-refractivity contribution in [3.8, 4) is 5.75 Å². The first-order valence-corrected chi connectivity index (χ1v) is 10.6. The Morgan fingerprint density at radius 3 is 2.21 bits per heavy atom. The summed E-state index contributed by atoms with van der Waals surface area (Å²) in [5.74, 6) is -3.40. The summed E-state index contributed by atoms with van der Waals surface area (Å²) in [6.45, 7) is 1.15. The minimum atomic E-state index is -1.38. The molecule has 0 heterocycles. The van der Waals surface area contributed by atoms with Crippen molar-refractivity contribution in [3.05, 3.63) is 29.8 Å². The lowest BCUT2D eigenvalue weighted by Gasteiger charge is -2.23. The fraction of sp³-hybridized carbons (Fsp3) is 0.524. The van der Waals surface area contributed by atoms with Crippen molar-refractivity contribution < 1.29 is 34.5 Å². The molecule has 4 unspecified atom stereocenters. The molecule has 0 aliphatic heterocycles.